The first-order valence-corrected chi connectivity index (χ1v) is 14.3. The number of nitrogens with zero attached hydrogens (tertiary/aromatic N) is 2. The molecular weight excluding hydrogens is 565 g/mol. The minimum Gasteiger partial charge on any atom is -0.453 e. The van der Waals surface area contributed by atoms with Gasteiger partial charge in [0.25, 0.3) is 5.91 Å². The molecule has 0 radical (unpaired) electrons. The number of halogens is 1. The van der Waals surface area contributed by atoms with Crippen molar-refractivity contribution >= 4 is 56.4 Å². The molecule has 0 unspecified atom stereocenters. The number of aromatic nitrogens is 1. The van der Waals surface area contributed by atoms with Crippen molar-refractivity contribution in [3.63, 3.8) is 0 Å². The van der Waals surface area contributed by atoms with E-state index in [4.69, 9.17) is 21.7 Å². The van der Waals surface area contributed by atoms with Crippen LogP contribution < -0.4 is 20.7 Å². The predicted molar refractivity (Wildman–Crippen MR) is 160 cm³/mol. The summed E-state index contributed by atoms with van der Waals surface area (Å²) >= 11 is 6.44. The fraction of sp³-hybridized carbons (Fsp3) is 0.241. The highest BCUT2D eigenvalue weighted by molar-refractivity contribution is 7.80. The summed E-state index contributed by atoms with van der Waals surface area (Å²) in [6.45, 7) is 4.40. The van der Waals surface area contributed by atoms with Crippen molar-refractivity contribution in [2.45, 2.75) is 6.42 Å². The van der Waals surface area contributed by atoms with Crippen LogP contribution in [-0.2, 0) is 16.0 Å². The quantitative estimate of drug-likeness (QED) is 0.246. The molecule has 3 N–H and O–H groups in total. The number of carbonyl (C=O) groups is 2. The zero-order valence-electron chi connectivity index (χ0n) is 22.0. The first kappa shape index (κ1) is 28.6. The van der Waals surface area contributed by atoms with Gasteiger partial charge in [-0.15, -0.1) is 11.3 Å². The second-order valence-electron chi connectivity index (χ2n) is 9.26. The highest BCUT2D eigenvalue weighted by atomic mass is 32.1. The van der Waals surface area contributed by atoms with E-state index in [1.54, 1.807) is 24.4 Å². The first-order chi connectivity index (χ1) is 19.9. The van der Waals surface area contributed by atoms with Crippen molar-refractivity contribution < 1.29 is 23.5 Å². The summed E-state index contributed by atoms with van der Waals surface area (Å²) in [4.78, 5) is 32.1. The van der Waals surface area contributed by atoms with Crippen molar-refractivity contribution in [3.8, 4) is 11.5 Å². The number of fused-ring (bicyclic) bond motifs is 1. The number of hydrogen-bond donors (Lipinski definition) is 3. The summed E-state index contributed by atoms with van der Waals surface area (Å²) in [6, 6.07) is 16.9. The van der Waals surface area contributed by atoms with Gasteiger partial charge in [-0.1, -0.05) is 30.3 Å². The molecule has 5 rings (SSSR count). The van der Waals surface area contributed by atoms with Gasteiger partial charge >= 0.3 is 0 Å². The molecule has 0 bridgehead atoms. The van der Waals surface area contributed by atoms with Crippen LogP contribution in [0.2, 0.25) is 0 Å². The first-order valence-electron chi connectivity index (χ1n) is 13.0. The predicted octanol–water partition coefficient (Wildman–Crippen LogP) is 4.35. The Morgan fingerprint density at radius 3 is 2.66 bits per heavy atom. The molecule has 0 saturated carbocycles. The summed E-state index contributed by atoms with van der Waals surface area (Å²) in [5.74, 6) is -0.726. The molecule has 1 aliphatic rings. The standard InChI is InChI=1S/C29H28FN5O4S2/c30-21-17-20(33-29(40)34-26(36)16-19-4-2-1-3-5-19)6-7-23(21)39-24-8-9-31-22-18-25(41-27(22)24)28(37)32-10-11-35-12-14-38-15-13-35/h1-9,17-18H,10-16H2,(H,32,37)(H2,33,34,36,40). The Morgan fingerprint density at radius 2 is 1.88 bits per heavy atom. The van der Waals surface area contributed by atoms with Gasteiger partial charge in [-0.05, 0) is 36.0 Å². The van der Waals surface area contributed by atoms with Crippen LogP contribution in [0.1, 0.15) is 15.2 Å². The Kier molecular flexibility index (Phi) is 9.47. The van der Waals surface area contributed by atoms with Crippen LogP contribution in [0, 0.1) is 5.82 Å². The normalized spacial score (nSPS) is 13.5. The maximum Gasteiger partial charge on any atom is 0.261 e. The number of morpholine rings is 1. The number of benzene rings is 2. The maximum atomic E-state index is 15.0. The lowest BCUT2D eigenvalue weighted by Crippen LogP contribution is -2.41. The van der Waals surface area contributed by atoms with E-state index in [9.17, 15) is 14.0 Å². The number of amides is 2. The Bertz CT molecular complexity index is 1540. The zero-order chi connectivity index (χ0) is 28.6. The molecule has 1 fully saturated rings. The molecule has 1 saturated heterocycles. The van der Waals surface area contributed by atoms with Gasteiger partial charge in [0, 0.05) is 50.2 Å². The lowest BCUT2D eigenvalue weighted by Gasteiger charge is -2.26. The molecule has 3 heterocycles. The number of ether oxygens (including phenoxy) is 2. The number of anilines is 1. The van der Waals surface area contributed by atoms with Gasteiger partial charge in [0.2, 0.25) is 5.91 Å². The van der Waals surface area contributed by atoms with E-state index in [-0.39, 0.29) is 29.1 Å². The molecule has 2 amide bonds. The zero-order valence-corrected chi connectivity index (χ0v) is 23.7. The molecule has 0 aliphatic carbocycles. The van der Waals surface area contributed by atoms with Gasteiger partial charge in [0.15, 0.2) is 16.7 Å². The number of thiophene rings is 1. The van der Waals surface area contributed by atoms with Gasteiger partial charge < -0.3 is 25.4 Å². The molecule has 2 aromatic carbocycles. The average molecular weight is 594 g/mol. The summed E-state index contributed by atoms with van der Waals surface area (Å²) in [5, 5.41) is 8.42. The third kappa shape index (κ3) is 7.82. The Labute approximate surface area is 245 Å². The molecule has 12 heteroatoms. The monoisotopic (exact) mass is 593 g/mol. The smallest absolute Gasteiger partial charge is 0.261 e. The van der Waals surface area contributed by atoms with Crippen molar-refractivity contribution in [2.24, 2.45) is 0 Å². The van der Waals surface area contributed by atoms with E-state index in [0.29, 0.717) is 46.3 Å². The Hall–Kier alpha value is -3.97. The topological polar surface area (TPSA) is 105 Å². The van der Waals surface area contributed by atoms with Crippen molar-refractivity contribution in [1.29, 1.82) is 0 Å². The average Bonchev–Trinajstić information content (AvgIpc) is 3.41. The highest BCUT2D eigenvalue weighted by Crippen LogP contribution is 2.36. The number of rotatable bonds is 9. The highest BCUT2D eigenvalue weighted by Gasteiger charge is 2.17. The third-order valence-corrected chi connectivity index (χ3v) is 7.63. The Morgan fingerprint density at radius 1 is 1.07 bits per heavy atom. The van der Waals surface area contributed by atoms with Crippen LogP contribution in [0.4, 0.5) is 10.1 Å². The van der Waals surface area contributed by atoms with Gasteiger partial charge in [0.1, 0.15) is 5.75 Å². The van der Waals surface area contributed by atoms with Gasteiger partial charge in [-0.3, -0.25) is 19.5 Å². The lowest BCUT2D eigenvalue weighted by atomic mass is 10.1. The van der Waals surface area contributed by atoms with Gasteiger partial charge in [-0.2, -0.15) is 0 Å². The molecule has 41 heavy (non-hydrogen) atoms. The van der Waals surface area contributed by atoms with E-state index in [1.165, 1.54) is 23.5 Å². The molecule has 9 nitrogen and oxygen atoms in total. The van der Waals surface area contributed by atoms with E-state index in [1.807, 2.05) is 30.3 Å². The largest absolute Gasteiger partial charge is 0.453 e. The molecule has 0 atom stereocenters. The van der Waals surface area contributed by atoms with E-state index in [2.05, 4.69) is 25.8 Å². The number of nitrogens with one attached hydrogen (secondary N) is 3. The van der Waals surface area contributed by atoms with Crippen LogP contribution in [0.3, 0.4) is 0 Å². The number of thiocarbonyl (C=S) groups is 1. The minimum atomic E-state index is -0.629. The molecule has 4 aromatic rings. The second-order valence-corrected chi connectivity index (χ2v) is 10.7. The van der Waals surface area contributed by atoms with Crippen LogP contribution in [0.5, 0.6) is 11.5 Å². The second kappa shape index (κ2) is 13.6. The Balaban J connectivity index is 1.18. The van der Waals surface area contributed by atoms with Crippen molar-refractivity contribution in [2.75, 3.05) is 44.7 Å². The van der Waals surface area contributed by atoms with Gasteiger partial charge in [-0.25, -0.2) is 4.39 Å². The van der Waals surface area contributed by atoms with E-state index in [0.717, 1.165) is 25.2 Å². The third-order valence-electron chi connectivity index (χ3n) is 6.29. The minimum absolute atomic E-state index is 0.00741. The summed E-state index contributed by atoms with van der Waals surface area (Å²) < 4.78 is 26.8. The summed E-state index contributed by atoms with van der Waals surface area (Å²) in [7, 11) is 0. The van der Waals surface area contributed by atoms with E-state index >= 15 is 0 Å². The van der Waals surface area contributed by atoms with Crippen molar-refractivity contribution in [3.05, 3.63) is 83.1 Å². The van der Waals surface area contributed by atoms with Gasteiger partial charge in [0.05, 0.1) is 34.7 Å². The van der Waals surface area contributed by atoms with Crippen LogP contribution >= 0.6 is 23.6 Å². The number of pyridine rings is 1. The van der Waals surface area contributed by atoms with Crippen molar-refractivity contribution in [1.82, 2.24) is 20.5 Å². The van der Waals surface area contributed by atoms with Crippen LogP contribution in [0.15, 0.2) is 66.9 Å². The molecule has 1 aliphatic heterocycles. The number of carbonyl (C=O) groups excluding carboxylic acids is 2. The molecule has 212 valence electrons. The maximum absolute atomic E-state index is 15.0. The lowest BCUT2D eigenvalue weighted by molar-refractivity contribution is -0.119. The fourth-order valence-corrected chi connectivity index (χ4v) is 5.45. The van der Waals surface area contributed by atoms with E-state index < -0.39 is 5.82 Å². The van der Waals surface area contributed by atoms with Crippen LogP contribution in [-0.4, -0.2) is 66.2 Å². The molecule has 0 spiro atoms. The fourth-order valence-electron chi connectivity index (χ4n) is 4.24. The summed E-state index contributed by atoms with van der Waals surface area (Å²) in [6.07, 6.45) is 1.72. The summed E-state index contributed by atoms with van der Waals surface area (Å²) in [5.41, 5.74) is 1.79. The molecule has 2 aromatic heterocycles. The van der Waals surface area contributed by atoms with Crippen LogP contribution in [0.25, 0.3) is 10.2 Å². The molecular formula is C29H28FN5O4S2. The number of hydrogen-bond acceptors (Lipinski definition) is 8. The SMILES string of the molecule is O=C(Cc1ccccc1)NC(=S)Nc1ccc(Oc2ccnc3cc(C(=O)NCCN4CCOCC4)sc23)c(F)c1.